The summed E-state index contributed by atoms with van der Waals surface area (Å²) >= 11 is 0. The molecule has 0 radical (unpaired) electrons. The summed E-state index contributed by atoms with van der Waals surface area (Å²) in [7, 11) is 0. The average molecular weight is 215 g/mol. The summed E-state index contributed by atoms with van der Waals surface area (Å²) in [5.74, 6) is 1.11. The second kappa shape index (κ2) is 5.50. The van der Waals surface area contributed by atoms with E-state index in [0.29, 0.717) is 0 Å². The normalized spacial score (nSPS) is 17.1. The Kier molecular flexibility index (Phi) is 3.76. The molecule has 1 aliphatic rings. The van der Waals surface area contributed by atoms with Crippen molar-refractivity contribution in [3.8, 4) is 0 Å². The third kappa shape index (κ3) is 2.51. The second-order valence-corrected chi connectivity index (χ2v) is 3.91. The summed E-state index contributed by atoms with van der Waals surface area (Å²) in [6, 6.07) is 10.4. The number of rotatable bonds is 4. The van der Waals surface area contributed by atoms with Gasteiger partial charge in [-0.2, -0.15) is 0 Å². The van der Waals surface area contributed by atoms with E-state index < -0.39 is 0 Å². The molecule has 0 amide bonds. The minimum Gasteiger partial charge on any atom is -0.480 e. The van der Waals surface area contributed by atoms with Gasteiger partial charge in [-0.1, -0.05) is 36.4 Å². The summed E-state index contributed by atoms with van der Waals surface area (Å²) in [6.07, 6.45) is 3.83. The molecule has 0 aromatic heterocycles. The van der Waals surface area contributed by atoms with Gasteiger partial charge in [0.15, 0.2) is 5.90 Å². The van der Waals surface area contributed by atoms with Gasteiger partial charge in [0.25, 0.3) is 0 Å². The van der Waals surface area contributed by atoms with Crippen LogP contribution in [0.15, 0.2) is 48.0 Å². The minimum absolute atomic E-state index is 0.235. The largest absolute Gasteiger partial charge is 0.480 e. The molecule has 0 fully saturated rings. The molecular formula is C14H17NO. The van der Waals surface area contributed by atoms with E-state index in [4.69, 9.17) is 4.74 Å². The van der Waals surface area contributed by atoms with Gasteiger partial charge >= 0.3 is 0 Å². The van der Waals surface area contributed by atoms with Crippen molar-refractivity contribution in [1.82, 2.24) is 0 Å². The summed E-state index contributed by atoms with van der Waals surface area (Å²) in [6.45, 7) is 5.49. The first kappa shape index (κ1) is 10.9. The number of benzene rings is 1. The highest BCUT2D eigenvalue weighted by molar-refractivity contribution is 5.84. The van der Waals surface area contributed by atoms with Crippen molar-refractivity contribution in [3.63, 3.8) is 0 Å². The van der Waals surface area contributed by atoms with Crippen molar-refractivity contribution in [2.45, 2.75) is 18.8 Å². The standard InChI is InChI=1S/C14H17NO/c1-2-7-13(12-8-4-3-5-9-12)14-15-10-6-11-16-14/h2-5,8-9,13H,1,6-7,10-11H2/t13-/m0/s1. The Bertz CT molecular complexity index is 370. The Morgan fingerprint density at radius 2 is 2.19 bits per heavy atom. The zero-order valence-electron chi connectivity index (χ0n) is 9.43. The van der Waals surface area contributed by atoms with E-state index in [0.717, 1.165) is 31.9 Å². The molecule has 84 valence electrons. The van der Waals surface area contributed by atoms with E-state index in [1.165, 1.54) is 5.56 Å². The molecule has 2 heteroatoms. The van der Waals surface area contributed by atoms with Crippen LogP contribution in [0.2, 0.25) is 0 Å². The zero-order valence-corrected chi connectivity index (χ0v) is 9.43. The third-order valence-corrected chi connectivity index (χ3v) is 2.72. The molecule has 0 unspecified atom stereocenters. The van der Waals surface area contributed by atoms with Crippen molar-refractivity contribution in [2.75, 3.05) is 13.2 Å². The van der Waals surface area contributed by atoms with Crippen molar-refractivity contribution in [2.24, 2.45) is 4.99 Å². The SMILES string of the molecule is C=CC[C@H](C1=NCCCO1)c1ccccc1. The fourth-order valence-corrected chi connectivity index (χ4v) is 1.92. The Morgan fingerprint density at radius 1 is 1.38 bits per heavy atom. The van der Waals surface area contributed by atoms with Crippen LogP contribution in [0, 0.1) is 0 Å². The van der Waals surface area contributed by atoms with Crippen LogP contribution in [0.25, 0.3) is 0 Å². The molecule has 1 heterocycles. The first-order chi connectivity index (χ1) is 7.92. The molecule has 0 aliphatic carbocycles. The molecule has 0 N–H and O–H groups in total. The summed E-state index contributed by atoms with van der Waals surface area (Å²) in [5, 5.41) is 0. The van der Waals surface area contributed by atoms with Gasteiger partial charge in [-0.3, -0.25) is 4.99 Å². The highest BCUT2D eigenvalue weighted by Gasteiger charge is 2.20. The van der Waals surface area contributed by atoms with Gasteiger partial charge < -0.3 is 4.74 Å². The molecule has 0 saturated carbocycles. The summed E-state index contributed by atoms with van der Waals surface area (Å²) in [4.78, 5) is 4.47. The van der Waals surface area contributed by atoms with Crippen LogP contribution in [0.1, 0.15) is 24.3 Å². The number of nitrogens with zero attached hydrogens (tertiary/aromatic N) is 1. The average Bonchev–Trinajstić information content (AvgIpc) is 2.38. The number of hydrogen-bond acceptors (Lipinski definition) is 2. The predicted molar refractivity (Wildman–Crippen MR) is 66.9 cm³/mol. The Balaban J connectivity index is 2.23. The topological polar surface area (TPSA) is 21.6 Å². The first-order valence-corrected chi connectivity index (χ1v) is 5.75. The van der Waals surface area contributed by atoms with Gasteiger partial charge in [0.1, 0.15) is 0 Å². The first-order valence-electron chi connectivity index (χ1n) is 5.75. The van der Waals surface area contributed by atoms with Gasteiger partial charge in [-0.25, -0.2) is 0 Å². The van der Waals surface area contributed by atoms with E-state index in [1.54, 1.807) is 0 Å². The summed E-state index contributed by atoms with van der Waals surface area (Å²) < 4.78 is 5.65. The van der Waals surface area contributed by atoms with Crippen LogP contribution in [0.4, 0.5) is 0 Å². The van der Waals surface area contributed by atoms with Crippen LogP contribution in [0.5, 0.6) is 0 Å². The fraction of sp³-hybridized carbons (Fsp3) is 0.357. The Labute approximate surface area is 96.7 Å². The van der Waals surface area contributed by atoms with Gasteiger partial charge in [-0.15, -0.1) is 6.58 Å². The molecule has 0 saturated heterocycles. The molecule has 2 nitrogen and oxygen atoms in total. The number of hydrogen-bond donors (Lipinski definition) is 0. The van der Waals surface area contributed by atoms with Crippen molar-refractivity contribution in [3.05, 3.63) is 48.6 Å². The quantitative estimate of drug-likeness (QED) is 0.707. The highest BCUT2D eigenvalue weighted by atomic mass is 16.5. The molecule has 1 aromatic rings. The van der Waals surface area contributed by atoms with E-state index in [2.05, 4.69) is 35.8 Å². The Morgan fingerprint density at radius 3 is 2.81 bits per heavy atom. The maximum absolute atomic E-state index is 5.65. The molecule has 1 atom stereocenters. The van der Waals surface area contributed by atoms with E-state index in [-0.39, 0.29) is 5.92 Å². The fourth-order valence-electron chi connectivity index (χ4n) is 1.92. The number of ether oxygens (including phenoxy) is 1. The van der Waals surface area contributed by atoms with Gasteiger partial charge in [0.2, 0.25) is 0 Å². The van der Waals surface area contributed by atoms with E-state index >= 15 is 0 Å². The number of aliphatic imine (C=N–C) groups is 1. The lowest BCUT2D eigenvalue weighted by Gasteiger charge is -2.21. The molecule has 16 heavy (non-hydrogen) atoms. The number of allylic oxidation sites excluding steroid dienone is 1. The third-order valence-electron chi connectivity index (χ3n) is 2.72. The minimum atomic E-state index is 0.235. The molecule has 2 rings (SSSR count). The maximum Gasteiger partial charge on any atom is 0.191 e. The van der Waals surface area contributed by atoms with E-state index in [9.17, 15) is 0 Å². The smallest absolute Gasteiger partial charge is 0.191 e. The zero-order chi connectivity index (χ0) is 11.2. The van der Waals surface area contributed by atoms with E-state index in [1.807, 2.05) is 12.1 Å². The van der Waals surface area contributed by atoms with Crippen molar-refractivity contribution >= 4 is 5.90 Å². The highest BCUT2D eigenvalue weighted by Crippen LogP contribution is 2.23. The van der Waals surface area contributed by atoms with Crippen LogP contribution < -0.4 is 0 Å². The van der Waals surface area contributed by atoms with Crippen LogP contribution >= 0.6 is 0 Å². The Hall–Kier alpha value is -1.57. The van der Waals surface area contributed by atoms with Crippen LogP contribution in [0.3, 0.4) is 0 Å². The molecule has 1 aliphatic heterocycles. The molecule has 0 bridgehead atoms. The van der Waals surface area contributed by atoms with Crippen molar-refractivity contribution < 1.29 is 4.74 Å². The lowest BCUT2D eigenvalue weighted by atomic mass is 9.95. The van der Waals surface area contributed by atoms with Gasteiger partial charge in [0, 0.05) is 13.0 Å². The van der Waals surface area contributed by atoms with Crippen LogP contribution in [-0.2, 0) is 4.74 Å². The lowest BCUT2D eigenvalue weighted by molar-refractivity contribution is 0.268. The molecule has 0 spiro atoms. The molecule has 1 aromatic carbocycles. The van der Waals surface area contributed by atoms with Gasteiger partial charge in [0.05, 0.1) is 12.5 Å². The monoisotopic (exact) mass is 215 g/mol. The predicted octanol–water partition coefficient (Wildman–Crippen LogP) is 3.17. The lowest BCUT2D eigenvalue weighted by Crippen LogP contribution is -2.21. The summed E-state index contributed by atoms with van der Waals surface area (Å²) in [5.41, 5.74) is 1.25. The van der Waals surface area contributed by atoms with Gasteiger partial charge in [-0.05, 0) is 12.0 Å². The second-order valence-electron chi connectivity index (χ2n) is 3.91. The molecular weight excluding hydrogens is 198 g/mol. The maximum atomic E-state index is 5.65. The van der Waals surface area contributed by atoms with Crippen molar-refractivity contribution in [1.29, 1.82) is 0 Å². The van der Waals surface area contributed by atoms with Crippen LogP contribution in [-0.4, -0.2) is 19.0 Å².